The fourth-order valence-corrected chi connectivity index (χ4v) is 3.72. The number of rotatable bonds is 9. The van der Waals surface area contributed by atoms with Gasteiger partial charge in [-0.1, -0.05) is 60.3 Å². The number of thioether (sulfide) groups is 1. The molecule has 1 unspecified atom stereocenters. The largest absolute Gasteiger partial charge is 0.496 e. The molecule has 6 nitrogen and oxygen atoms in total. The number of hydrogen-bond donors (Lipinski definition) is 1. The van der Waals surface area contributed by atoms with Crippen molar-refractivity contribution in [1.29, 1.82) is 0 Å². The highest BCUT2D eigenvalue weighted by atomic mass is 32.2. The lowest BCUT2D eigenvalue weighted by molar-refractivity contribution is -0.120. The molecule has 0 aliphatic rings. The van der Waals surface area contributed by atoms with Crippen molar-refractivity contribution >= 4 is 17.7 Å². The first kappa shape index (κ1) is 20.7. The molecule has 0 aliphatic heterocycles. The smallest absolute Gasteiger partial charge is 0.233 e. The highest BCUT2D eigenvalue weighted by Gasteiger charge is 2.21. The molecule has 3 aromatic rings. The van der Waals surface area contributed by atoms with Crippen LogP contribution in [0.5, 0.6) is 5.75 Å². The van der Waals surface area contributed by atoms with Gasteiger partial charge in [-0.3, -0.25) is 9.36 Å². The van der Waals surface area contributed by atoms with Crippen molar-refractivity contribution in [1.82, 2.24) is 20.1 Å². The Labute approximate surface area is 175 Å². The van der Waals surface area contributed by atoms with Crippen molar-refractivity contribution in [2.75, 3.05) is 7.11 Å². The summed E-state index contributed by atoms with van der Waals surface area (Å²) in [5.74, 6) is 1.35. The van der Waals surface area contributed by atoms with Crippen LogP contribution in [0.1, 0.15) is 12.5 Å². The number of ether oxygens (including phenoxy) is 1. The number of aromatic nitrogens is 3. The van der Waals surface area contributed by atoms with Gasteiger partial charge in [0.05, 0.1) is 17.9 Å². The summed E-state index contributed by atoms with van der Waals surface area (Å²) in [6.45, 7) is 6.72. The van der Waals surface area contributed by atoms with Gasteiger partial charge in [0.25, 0.3) is 0 Å². The molecule has 0 radical (unpaired) electrons. The summed E-state index contributed by atoms with van der Waals surface area (Å²) in [4.78, 5) is 12.5. The van der Waals surface area contributed by atoms with E-state index in [9.17, 15) is 4.79 Å². The summed E-state index contributed by atoms with van der Waals surface area (Å²) < 4.78 is 7.40. The minimum absolute atomic E-state index is 0.0501. The van der Waals surface area contributed by atoms with Crippen LogP contribution in [0.25, 0.3) is 11.4 Å². The van der Waals surface area contributed by atoms with E-state index in [1.54, 1.807) is 13.2 Å². The summed E-state index contributed by atoms with van der Waals surface area (Å²) in [5, 5.41) is 12.0. The number of carbonyl (C=O) groups is 1. The summed E-state index contributed by atoms with van der Waals surface area (Å²) in [6.07, 6.45) is 1.78. The second kappa shape index (κ2) is 9.93. The molecule has 150 valence electrons. The molecule has 2 aromatic carbocycles. The Bertz CT molecular complexity index is 972. The van der Waals surface area contributed by atoms with Crippen LogP contribution in [0, 0.1) is 0 Å². The van der Waals surface area contributed by atoms with Crippen molar-refractivity contribution in [3.63, 3.8) is 0 Å². The number of hydrogen-bond acceptors (Lipinski definition) is 5. The Morgan fingerprint density at radius 2 is 1.93 bits per heavy atom. The Morgan fingerprint density at radius 3 is 2.66 bits per heavy atom. The van der Waals surface area contributed by atoms with Crippen LogP contribution in [0.3, 0.4) is 0 Å². The molecule has 0 saturated carbocycles. The van der Waals surface area contributed by atoms with Gasteiger partial charge in [0, 0.05) is 13.1 Å². The van der Waals surface area contributed by atoms with E-state index in [1.807, 2.05) is 66.1 Å². The first-order chi connectivity index (χ1) is 14.1. The lowest BCUT2D eigenvalue weighted by atomic mass is 10.2. The van der Waals surface area contributed by atoms with Crippen LogP contribution in [0.4, 0.5) is 0 Å². The zero-order valence-corrected chi connectivity index (χ0v) is 17.4. The first-order valence-corrected chi connectivity index (χ1v) is 10.2. The molecule has 1 aromatic heterocycles. The van der Waals surface area contributed by atoms with Crippen molar-refractivity contribution < 1.29 is 9.53 Å². The maximum atomic E-state index is 12.5. The minimum atomic E-state index is -0.322. The van der Waals surface area contributed by atoms with Gasteiger partial charge in [0.2, 0.25) is 5.91 Å². The van der Waals surface area contributed by atoms with Crippen molar-refractivity contribution in [2.24, 2.45) is 0 Å². The van der Waals surface area contributed by atoms with E-state index >= 15 is 0 Å². The minimum Gasteiger partial charge on any atom is -0.496 e. The molecule has 1 amide bonds. The van der Waals surface area contributed by atoms with E-state index < -0.39 is 0 Å². The van der Waals surface area contributed by atoms with E-state index in [4.69, 9.17) is 4.74 Å². The molecular formula is C22H24N4O2S. The fourth-order valence-electron chi connectivity index (χ4n) is 2.84. The maximum absolute atomic E-state index is 12.5. The van der Waals surface area contributed by atoms with E-state index in [2.05, 4.69) is 22.1 Å². The molecule has 3 rings (SSSR count). The molecule has 0 fully saturated rings. The van der Waals surface area contributed by atoms with Crippen molar-refractivity contribution in [3.05, 3.63) is 72.8 Å². The predicted octanol–water partition coefficient (Wildman–Crippen LogP) is 3.94. The number of nitrogens with zero attached hydrogens (tertiary/aromatic N) is 3. The highest BCUT2D eigenvalue weighted by molar-refractivity contribution is 8.00. The zero-order chi connectivity index (χ0) is 20.6. The molecule has 0 saturated heterocycles. The van der Waals surface area contributed by atoms with Crippen molar-refractivity contribution in [2.45, 2.75) is 30.4 Å². The molecule has 1 atom stereocenters. The lowest BCUT2D eigenvalue weighted by Crippen LogP contribution is -2.30. The van der Waals surface area contributed by atoms with Crippen molar-refractivity contribution in [3.8, 4) is 17.1 Å². The summed E-state index contributed by atoms with van der Waals surface area (Å²) in [5.41, 5.74) is 1.91. The molecular weight excluding hydrogens is 384 g/mol. The molecule has 7 heteroatoms. The predicted molar refractivity (Wildman–Crippen MR) is 116 cm³/mol. The van der Waals surface area contributed by atoms with E-state index in [-0.39, 0.29) is 11.2 Å². The Hall–Kier alpha value is -3.06. The lowest BCUT2D eigenvalue weighted by Gasteiger charge is -2.13. The number of benzene rings is 2. The van der Waals surface area contributed by atoms with E-state index in [0.29, 0.717) is 24.1 Å². The summed E-state index contributed by atoms with van der Waals surface area (Å²) in [6, 6.07) is 17.5. The number of allylic oxidation sites excluding steroid dienone is 1. The SMILES string of the molecule is C=CCn1c(SC(C)C(=O)NCc2ccccc2)nnc1-c1ccccc1OC. The quantitative estimate of drug-likeness (QED) is 0.429. The molecule has 1 heterocycles. The number of methoxy groups -OCH3 is 1. The van der Waals surface area contributed by atoms with Gasteiger partial charge in [-0.25, -0.2) is 0 Å². The van der Waals surface area contributed by atoms with E-state index in [0.717, 1.165) is 16.9 Å². The molecule has 0 bridgehead atoms. The van der Waals surface area contributed by atoms with Gasteiger partial charge in [0.1, 0.15) is 5.75 Å². The normalized spacial score (nSPS) is 11.7. The number of para-hydroxylation sites is 1. The molecule has 0 spiro atoms. The number of amides is 1. The molecule has 0 aliphatic carbocycles. The van der Waals surface area contributed by atoms with Crippen LogP contribution in [-0.2, 0) is 17.9 Å². The van der Waals surface area contributed by atoms with E-state index in [1.165, 1.54) is 11.8 Å². The Morgan fingerprint density at radius 1 is 1.21 bits per heavy atom. The topological polar surface area (TPSA) is 69.0 Å². The van der Waals surface area contributed by atoms with Gasteiger partial charge in [-0.15, -0.1) is 16.8 Å². The highest BCUT2D eigenvalue weighted by Crippen LogP contribution is 2.32. The second-order valence-electron chi connectivity index (χ2n) is 6.37. The Balaban J connectivity index is 1.75. The summed E-state index contributed by atoms with van der Waals surface area (Å²) in [7, 11) is 1.63. The Kier molecular flexibility index (Phi) is 7.08. The monoisotopic (exact) mass is 408 g/mol. The van der Waals surface area contributed by atoms with Gasteiger partial charge in [-0.2, -0.15) is 0 Å². The maximum Gasteiger partial charge on any atom is 0.233 e. The van der Waals surface area contributed by atoms with Gasteiger partial charge >= 0.3 is 0 Å². The average molecular weight is 409 g/mol. The average Bonchev–Trinajstić information content (AvgIpc) is 3.15. The van der Waals surface area contributed by atoms with Crippen LogP contribution < -0.4 is 10.1 Å². The van der Waals surface area contributed by atoms with Crippen LogP contribution in [0.15, 0.2) is 72.4 Å². The summed E-state index contributed by atoms with van der Waals surface area (Å²) >= 11 is 1.37. The van der Waals surface area contributed by atoms with Crippen LogP contribution in [0.2, 0.25) is 0 Å². The molecule has 1 N–H and O–H groups in total. The second-order valence-corrected chi connectivity index (χ2v) is 7.68. The standard InChI is InChI=1S/C22H24N4O2S/c1-4-14-26-20(18-12-8-9-13-19(18)28-3)24-25-22(26)29-16(2)21(27)23-15-17-10-6-5-7-11-17/h4-13,16H,1,14-15H2,2-3H3,(H,23,27). The third-order valence-electron chi connectivity index (χ3n) is 4.34. The van der Waals surface area contributed by atoms with Crippen LogP contribution in [-0.4, -0.2) is 33.0 Å². The van der Waals surface area contributed by atoms with Crippen LogP contribution >= 0.6 is 11.8 Å². The first-order valence-electron chi connectivity index (χ1n) is 9.29. The zero-order valence-electron chi connectivity index (χ0n) is 16.5. The fraction of sp³-hybridized carbons (Fsp3) is 0.227. The van der Waals surface area contributed by atoms with Gasteiger partial charge in [0.15, 0.2) is 11.0 Å². The number of nitrogens with one attached hydrogen (secondary N) is 1. The third-order valence-corrected chi connectivity index (χ3v) is 5.42. The number of carbonyl (C=O) groups excluding carboxylic acids is 1. The van der Waals surface area contributed by atoms with Gasteiger partial charge < -0.3 is 10.1 Å². The third kappa shape index (κ3) is 5.06. The van der Waals surface area contributed by atoms with Gasteiger partial charge in [-0.05, 0) is 24.6 Å². The molecule has 29 heavy (non-hydrogen) atoms.